The highest BCUT2D eigenvalue weighted by Crippen LogP contribution is 2.08. The number of benzene rings is 2. The molecule has 1 atom stereocenters. The summed E-state index contributed by atoms with van der Waals surface area (Å²) < 4.78 is 27.4. The Kier molecular flexibility index (Phi) is 7.96. The number of hydrazine groups is 1. The third-order valence-electron chi connectivity index (χ3n) is 3.55. The number of amides is 1. The molecule has 8 heteroatoms. The van der Waals surface area contributed by atoms with Crippen LogP contribution in [0.3, 0.4) is 0 Å². The molecule has 0 bridgehead atoms. The molecule has 26 heavy (non-hydrogen) atoms. The van der Waals surface area contributed by atoms with E-state index in [1.165, 1.54) is 0 Å². The number of rotatable bonds is 10. The lowest BCUT2D eigenvalue weighted by atomic mass is 10.2. The number of para-hydroxylation sites is 1. The molecule has 140 valence electrons. The van der Waals surface area contributed by atoms with Crippen LogP contribution in [0, 0.1) is 0 Å². The molecule has 2 rings (SSSR count). The highest BCUT2D eigenvalue weighted by molar-refractivity contribution is 7.98. The van der Waals surface area contributed by atoms with Gasteiger partial charge in [0.25, 0.3) is 5.91 Å². The molecule has 0 saturated heterocycles. The molecule has 2 aromatic carbocycles. The number of hydrogen-bond donors (Lipinski definition) is 3. The Bertz CT molecular complexity index is 784. The average Bonchev–Trinajstić information content (AvgIpc) is 2.64. The first kappa shape index (κ1) is 20.3. The van der Waals surface area contributed by atoms with Crippen LogP contribution in [0.1, 0.15) is 12.0 Å². The van der Waals surface area contributed by atoms with Crippen LogP contribution in [0.4, 0.5) is 5.69 Å². The Morgan fingerprint density at radius 2 is 1.65 bits per heavy atom. The number of nitrogens with one attached hydrogen (secondary N) is 3. The lowest BCUT2D eigenvalue weighted by Crippen LogP contribution is -2.48. The van der Waals surface area contributed by atoms with Gasteiger partial charge in [0.05, 0.1) is 11.4 Å². The van der Waals surface area contributed by atoms with Crippen LogP contribution in [-0.4, -0.2) is 32.4 Å². The van der Waals surface area contributed by atoms with Crippen molar-refractivity contribution < 1.29 is 13.2 Å². The Hall–Kier alpha value is -2.03. The van der Waals surface area contributed by atoms with Crippen molar-refractivity contribution in [2.75, 3.05) is 17.4 Å². The number of carbonyl (C=O) groups is 1. The molecule has 0 spiro atoms. The van der Waals surface area contributed by atoms with E-state index in [0.29, 0.717) is 17.7 Å². The first-order valence-corrected chi connectivity index (χ1v) is 11.2. The van der Waals surface area contributed by atoms with Crippen molar-refractivity contribution >= 4 is 33.4 Å². The Labute approximate surface area is 158 Å². The van der Waals surface area contributed by atoms with E-state index < -0.39 is 22.0 Å². The van der Waals surface area contributed by atoms with Gasteiger partial charge in [-0.05, 0) is 36.1 Å². The molecule has 0 aliphatic carbocycles. The number of hydrogen-bond acceptors (Lipinski definition) is 5. The summed E-state index contributed by atoms with van der Waals surface area (Å²) in [5.74, 6) is 0.0832. The Morgan fingerprint density at radius 1 is 1.04 bits per heavy atom. The summed E-state index contributed by atoms with van der Waals surface area (Å²) in [4.78, 5) is 12.4. The van der Waals surface area contributed by atoms with E-state index in [9.17, 15) is 13.2 Å². The highest BCUT2D eigenvalue weighted by Gasteiger charge is 2.24. The maximum atomic E-state index is 12.4. The minimum atomic E-state index is -3.64. The Morgan fingerprint density at radius 3 is 2.27 bits per heavy atom. The quantitative estimate of drug-likeness (QED) is 0.540. The summed E-state index contributed by atoms with van der Waals surface area (Å²) >= 11 is 1.56. The van der Waals surface area contributed by atoms with Crippen molar-refractivity contribution in [3.63, 3.8) is 0 Å². The molecule has 0 aliphatic rings. The molecule has 3 N–H and O–H groups in total. The Balaban J connectivity index is 1.99. The van der Waals surface area contributed by atoms with E-state index in [4.69, 9.17) is 0 Å². The van der Waals surface area contributed by atoms with E-state index in [1.807, 2.05) is 30.5 Å². The monoisotopic (exact) mass is 393 g/mol. The fraction of sp³-hybridized carbons (Fsp3) is 0.278. The molecule has 0 radical (unpaired) electrons. The third kappa shape index (κ3) is 7.07. The van der Waals surface area contributed by atoms with E-state index >= 15 is 0 Å². The van der Waals surface area contributed by atoms with E-state index in [1.54, 1.807) is 48.2 Å². The summed E-state index contributed by atoms with van der Waals surface area (Å²) in [5.41, 5.74) is 6.76. The molecule has 0 aromatic heterocycles. The second kappa shape index (κ2) is 10.2. The number of thioether (sulfide) groups is 1. The molecule has 6 nitrogen and oxygen atoms in total. The smallest absolute Gasteiger partial charge is 0.256 e. The zero-order valence-corrected chi connectivity index (χ0v) is 16.1. The van der Waals surface area contributed by atoms with Gasteiger partial charge in [0.1, 0.15) is 6.04 Å². The number of carbonyl (C=O) groups excluding carboxylic acids is 1. The second-order valence-corrected chi connectivity index (χ2v) is 8.42. The molecule has 1 unspecified atom stereocenters. The van der Waals surface area contributed by atoms with Crippen LogP contribution in [0.2, 0.25) is 0 Å². The summed E-state index contributed by atoms with van der Waals surface area (Å²) in [7, 11) is -3.64. The maximum Gasteiger partial charge on any atom is 0.256 e. The fourth-order valence-electron chi connectivity index (χ4n) is 2.27. The predicted molar refractivity (Wildman–Crippen MR) is 107 cm³/mol. The average molecular weight is 394 g/mol. The maximum absolute atomic E-state index is 12.4. The minimum absolute atomic E-state index is 0.164. The third-order valence-corrected chi connectivity index (χ3v) is 5.55. The molecular formula is C18H23N3O3S2. The van der Waals surface area contributed by atoms with E-state index in [0.717, 1.165) is 5.69 Å². The molecule has 0 aliphatic heterocycles. The first-order chi connectivity index (χ1) is 12.5. The van der Waals surface area contributed by atoms with Gasteiger partial charge in [-0.25, -0.2) is 13.1 Å². The number of anilines is 1. The van der Waals surface area contributed by atoms with Crippen LogP contribution in [0.15, 0.2) is 60.7 Å². The van der Waals surface area contributed by atoms with Crippen LogP contribution < -0.4 is 15.6 Å². The topological polar surface area (TPSA) is 87.3 Å². The van der Waals surface area contributed by atoms with Crippen molar-refractivity contribution in [2.45, 2.75) is 18.2 Å². The molecule has 1 amide bonds. The van der Waals surface area contributed by atoms with Crippen LogP contribution in [0.25, 0.3) is 0 Å². The molecule has 0 saturated carbocycles. The van der Waals surface area contributed by atoms with Gasteiger partial charge in [0.2, 0.25) is 10.0 Å². The van der Waals surface area contributed by atoms with Gasteiger partial charge in [-0.1, -0.05) is 48.5 Å². The van der Waals surface area contributed by atoms with E-state index in [-0.39, 0.29) is 5.75 Å². The second-order valence-electron chi connectivity index (χ2n) is 5.68. The van der Waals surface area contributed by atoms with Crippen molar-refractivity contribution in [3.05, 3.63) is 66.2 Å². The SMILES string of the molecule is CSCCC(NS(=O)(=O)Cc1ccccc1)C(=O)NNc1ccccc1. The standard InChI is InChI=1S/C18H23N3O3S2/c1-25-13-12-17(18(22)20-19-16-10-6-3-7-11-16)21-26(23,24)14-15-8-4-2-5-9-15/h2-11,17,19,21H,12-14H2,1H3,(H,20,22). The highest BCUT2D eigenvalue weighted by atomic mass is 32.2. The largest absolute Gasteiger partial charge is 0.299 e. The van der Waals surface area contributed by atoms with Crippen LogP contribution in [0.5, 0.6) is 0 Å². The van der Waals surface area contributed by atoms with Crippen LogP contribution in [-0.2, 0) is 20.6 Å². The van der Waals surface area contributed by atoms with Gasteiger partial charge in [0, 0.05) is 0 Å². The van der Waals surface area contributed by atoms with Gasteiger partial charge in [-0.2, -0.15) is 11.8 Å². The van der Waals surface area contributed by atoms with Crippen LogP contribution >= 0.6 is 11.8 Å². The summed E-state index contributed by atoms with van der Waals surface area (Å²) in [6.07, 6.45) is 2.31. The summed E-state index contributed by atoms with van der Waals surface area (Å²) in [6, 6.07) is 17.2. The first-order valence-electron chi connectivity index (χ1n) is 8.14. The molecule has 0 fully saturated rings. The molecule has 2 aromatic rings. The van der Waals surface area contributed by atoms with Gasteiger partial charge in [-0.3, -0.25) is 15.6 Å². The van der Waals surface area contributed by atoms with Crippen molar-refractivity contribution in [1.29, 1.82) is 0 Å². The van der Waals surface area contributed by atoms with Gasteiger partial charge in [-0.15, -0.1) is 0 Å². The van der Waals surface area contributed by atoms with Crippen molar-refractivity contribution in [1.82, 2.24) is 10.1 Å². The summed E-state index contributed by atoms with van der Waals surface area (Å²) in [6.45, 7) is 0. The normalized spacial score (nSPS) is 12.3. The van der Waals surface area contributed by atoms with E-state index in [2.05, 4.69) is 15.6 Å². The minimum Gasteiger partial charge on any atom is -0.299 e. The van der Waals surface area contributed by atoms with Gasteiger partial charge in [0.15, 0.2) is 0 Å². The van der Waals surface area contributed by atoms with Crippen molar-refractivity contribution in [2.24, 2.45) is 0 Å². The van der Waals surface area contributed by atoms with Gasteiger partial charge < -0.3 is 0 Å². The molecule has 0 heterocycles. The van der Waals surface area contributed by atoms with Crippen molar-refractivity contribution in [3.8, 4) is 0 Å². The van der Waals surface area contributed by atoms with Gasteiger partial charge >= 0.3 is 0 Å². The zero-order chi connectivity index (χ0) is 18.8. The lowest BCUT2D eigenvalue weighted by molar-refractivity contribution is -0.122. The fourth-order valence-corrected chi connectivity index (χ4v) is 4.12. The summed E-state index contributed by atoms with van der Waals surface area (Å²) in [5, 5.41) is 0. The lowest BCUT2D eigenvalue weighted by Gasteiger charge is -2.19. The number of sulfonamides is 1. The molecular weight excluding hydrogens is 370 g/mol. The zero-order valence-electron chi connectivity index (χ0n) is 14.5. The predicted octanol–water partition coefficient (Wildman–Crippen LogP) is 2.37.